The maximum Gasteiger partial charge on any atom is 0.337 e. The van der Waals surface area contributed by atoms with E-state index < -0.39 is 5.97 Å². The molecular weight excluding hydrogens is 354 g/mol. The van der Waals surface area contributed by atoms with Crippen LogP contribution in [0.3, 0.4) is 0 Å². The number of benzene rings is 2. The standard InChI is InChI=1S/C22H17N3O3/c26-21(24-19-9-3-1-8-17(19)22(27)28)18-14-25(13-15-6-5-11-23-12-15)20-10-4-2-7-16(18)20/h1-12,14H,13H2,(H,24,26)(H,27,28). The fraction of sp³-hybridized carbons (Fsp3) is 0.0455. The number of carboxylic acids is 1. The summed E-state index contributed by atoms with van der Waals surface area (Å²) in [7, 11) is 0. The van der Waals surface area contributed by atoms with Crippen molar-refractivity contribution in [3.05, 3.63) is 95.9 Å². The summed E-state index contributed by atoms with van der Waals surface area (Å²) < 4.78 is 1.99. The minimum Gasteiger partial charge on any atom is -0.478 e. The van der Waals surface area contributed by atoms with Crippen molar-refractivity contribution in [3.8, 4) is 0 Å². The Morgan fingerprint density at radius 1 is 0.964 bits per heavy atom. The largest absolute Gasteiger partial charge is 0.478 e. The van der Waals surface area contributed by atoms with Crippen molar-refractivity contribution in [2.24, 2.45) is 0 Å². The Kier molecular flexibility index (Phi) is 4.60. The maximum absolute atomic E-state index is 12.9. The van der Waals surface area contributed by atoms with Gasteiger partial charge >= 0.3 is 5.97 Å². The third kappa shape index (κ3) is 3.35. The van der Waals surface area contributed by atoms with Crippen LogP contribution in [0.15, 0.2) is 79.3 Å². The first kappa shape index (κ1) is 17.5. The van der Waals surface area contributed by atoms with Crippen LogP contribution in [0.2, 0.25) is 0 Å². The summed E-state index contributed by atoms with van der Waals surface area (Å²) in [5.41, 5.74) is 2.74. The van der Waals surface area contributed by atoms with Gasteiger partial charge in [-0.2, -0.15) is 0 Å². The lowest BCUT2D eigenvalue weighted by Gasteiger charge is -2.07. The number of nitrogens with zero attached hydrogens (tertiary/aromatic N) is 2. The molecule has 6 nitrogen and oxygen atoms in total. The molecular formula is C22H17N3O3. The van der Waals surface area contributed by atoms with E-state index in [4.69, 9.17) is 0 Å². The van der Waals surface area contributed by atoms with Crippen molar-refractivity contribution in [1.82, 2.24) is 9.55 Å². The van der Waals surface area contributed by atoms with Gasteiger partial charge in [-0.1, -0.05) is 36.4 Å². The van der Waals surface area contributed by atoms with Crippen LogP contribution in [0.25, 0.3) is 10.9 Å². The highest BCUT2D eigenvalue weighted by atomic mass is 16.4. The van der Waals surface area contributed by atoms with Crippen molar-refractivity contribution in [2.45, 2.75) is 6.54 Å². The second kappa shape index (κ2) is 7.36. The molecule has 4 rings (SSSR count). The first-order chi connectivity index (χ1) is 13.6. The SMILES string of the molecule is O=C(O)c1ccccc1NC(=O)c1cn(Cc2cccnc2)c2ccccc12. The quantitative estimate of drug-likeness (QED) is 0.555. The third-order valence-corrected chi connectivity index (χ3v) is 4.51. The van der Waals surface area contributed by atoms with Crippen LogP contribution in [0.4, 0.5) is 5.69 Å². The zero-order chi connectivity index (χ0) is 19.5. The molecule has 0 aliphatic rings. The van der Waals surface area contributed by atoms with Gasteiger partial charge in [-0.15, -0.1) is 0 Å². The molecule has 6 heteroatoms. The zero-order valence-corrected chi connectivity index (χ0v) is 14.9. The lowest BCUT2D eigenvalue weighted by Crippen LogP contribution is -2.14. The van der Waals surface area contributed by atoms with Gasteiger partial charge in [0.05, 0.1) is 16.8 Å². The van der Waals surface area contributed by atoms with E-state index in [9.17, 15) is 14.7 Å². The highest BCUT2D eigenvalue weighted by Gasteiger charge is 2.17. The molecule has 2 N–H and O–H groups in total. The number of anilines is 1. The van der Waals surface area contributed by atoms with Gasteiger partial charge in [-0.05, 0) is 29.8 Å². The Labute approximate surface area is 161 Å². The van der Waals surface area contributed by atoms with Gasteiger partial charge in [0, 0.05) is 36.0 Å². The molecule has 0 aliphatic carbocycles. The lowest BCUT2D eigenvalue weighted by atomic mass is 10.1. The maximum atomic E-state index is 12.9. The van der Waals surface area contributed by atoms with Crippen LogP contribution in [-0.2, 0) is 6.54 Å². The lowest BCUT2D eigenvalue weighted by molar-refractivity contribution is 0.0698. The molecule has 28 heavy (non-hydrogen) atoms. The fourth-order valence-corrected chi connectivity index (χ4v) is 3.22. The minimum atomic E-state index is -1.09. The number of carbonyl (C=O) groups is 2. The molecule has 0 saturated heterocycles. The van der Waals surface area contributed by atoms with E-state index in [0.717, 1.165) is 16.5 Å². The van der Waals surface area contributed by atoms with E-state index >= 15 is 0 Å². The first-order valence-corrected chi connectivity index (χ1v) is 8.74. The van der Waals surface area contributed by atoms with Crippen LogP contribution >= 0.6 is 0 Å². The number of rotatable bonds is 5. The molecule has 2 heterocycles. The summed E-state index contributed by atoms with van der Waals surface area (Å²) in [5.74, 6) is -1.44. The Bertz CT molecular complexity index is 1170. The molecule has 0 radical (unpaired) electrons. The summed E-state index contributed by atoms with van der Waals surface area (Å²) in [5, 5.41) is 12.9. The summed E-state index contributed by atoms with van der Waals surface area (Å²) in [6.45, 7) is 0.577. The van der Waals surface area contributed by atoms with Crippen LogP contribution in [0.1, 0.15) is 26.3 Å². The number of carboxylic acid groups (broad SMARTS) is 1. The van der Waals surface area contributed by atoms with Crippen LogP contribution in [-0.4, -0.2) is 26.5 Å². The molecule has 0 atom stereocenters. The van der Waals surface area contributed by atoms with Crippen molar-refractivity contribution in [2.75, 3.05) is 5.32 Å². The molecule has 0 spiro atoms. The van der Waals surface area contributed by atoms with Gasteiger partial charge in [-0.25, -0.2) is 4.79 Å². The molecule has 138 valence electrons. The highest BCUT2D eigenvalue weighted by Crippen LogP contribution is 2.24. The predicted octanol–water partition coefficient (Wildman–Crippen LogP) is 4.04. The minimum absolute atomic E-state index is 0.0509. The summed E-state index contributed by atoms with van der Waals surface area (Å²) in [4.78, 5) is 28.5. The number of hydrogen-bond acceptors (Lipinski definition) is 3. The van der Waals surface area contributed by atoms with Crippen LogP contribution in [0, 0.1) is 0 Å². The average molecular weight is 371 g/mol. The van der Waals surface area contributed by atoms with E-state index in [1.807, 2.05) is 41.0 Å². The number of para-hydroxylation sites is 2. The van der Waals surface area contributed by atoms with Crippen LogP contribution < -0.4 is 5.32 Å². The van der Waals surface area contributed by atoms with Crippen molar-refractivity contribution in [3.63, 3.8) is 0 Å². The van der Waals surface area contributed by atoms with E-state index in [1.54, 1.807) is 36.8 Å². The van der Waals surface area contributed by atoms with Gasteiger partial charge in [-0.3, -0.25) is 9.78 Å². The molecule has 2 aromatic heterocycles. The summed E-state index contributed by atoms with van der Waals surface area (Å²) in [6.07, 6.45) is 5.30. The number of nitrogens with one attached hydrogen (secondary N) is 1. The van der Waals surface area contributed by atoms with Gasteiger partial charge in [0.2, 0.25) is 0 Å². The second-order valence-corrected chi connectivity index (χ2v) is 6.35. The zero-order valence-electron chi connectivity index (χ0n) is 14.9. The molecule has 1 amide bonds. The van der Waals surface area contributed by atoms with Gasteiger partial charge < -0.3 is 15.0 Å². The number of hydrogen-bond donors (Lipinski definition) is 2. The van der Waals surface area contributed by atoms with E-state index in [-0.39, 0.29) is 17.2 Å². The van der Waals surface area contributed by atoms with E-state index in [2.05, 4.69) is 10.3 Å². The van der Waals surface area contributed by atoms with Crippen LogP contribution in [0.5, 0.6) is 0 Å². The number of aromatic nitrogens is 2. The van der Waals surface area contributed by atoms with Crippen molar-refractivity contribution >= 4 is 28.5 Å². The molecule has 0 fully saturated rings. The number of aromatic carboxylic acids is 1. The van der Waals surface area contributed by atoms with Gasteiger partial charge in [0.1, 0.15) is 0 Å². The topological polar surface area (TPSA) is 84.2 Å². The number of amides is 1. The Balaban J connectivity index is 1.71. The van der Waals surface area contributed by atoms with Gasteiger partial charge in [0.15, 0.2) is 0 Å². The number of fused-ring (bicyclic) bond motifs is 1. The van der Waals surface area contributed by atoms with Crippen molar-refractivity contribution in [1.29, 1.82) is 0 Å². The fourth-order valence-electron chi connectivity index (χ4n) is 3.22. The third-order valence-electron chi connectivity index (χ3n) is 4.51. The molecule has 0 bridgehead atoms. The molecule has 0 aliphatic heterocycles. The average Bonchev–Trinajstić information content (AvgIpc) is 3.08. The molecule has 0 unspecified atom stereocenters. The number of pyridine rings is 1. The molecule has 4 aromatic rings. The second-order valence-electron chi connectivity index (χ2n) is 6.35. The molecule has 0 saturated carbocycles. The molecule has 2 aromatic carbocycles. The first-order valence-electron chi connectivity index (χ1n) is 8.74. The number of carbonyl (C=O) groups excluding carboxylic acids is 1. The van der Waals surface area contributed by atoms with Gasteiger partial charge in [0.25, 0.3) is 5.91 Å². The Morgan fingerprint density at radius 3 is 2.54 bits per heavy atom. The predicted molar refractivity (Wildman–Crippen MR) is 107 cm³/mol. The van der Waals surface area contributed by atoms with E-state index in [0.29, 0.717) is 12.1 Å². The smallest absolute Gasteiger partial charge is 0.337 e. The summed E-state index contributed by atoms with van der Waals surface area (Å²) in [6, 6.07) is 17.8. The monoisotopic (exact) mass is 371 g/mol. The Morgan fingerprint density at radius 2 is 1.75 bits per heavy atom. The summed E-state index contributed by atoms with van der Waals surface area (Å²) >= 11 is 0. The normalized spacial score (nSPS) is 10.7. The Hall–Kier alpha value is -3.93. The van der Waals surface area contributed by atoms with E-state index in [1.165, 1.54) is 6.07 Å². The highest BCUT2D eigenvalue weighted by molar-refractivity contribution is 6.14. The van der Waals surface area contributed by atoms with Crippen molar-refractivity contribution < 1.29 is 14.7 Å².